The molecule has 2 N–H and O–H groups in total. The van der Waals surface area contributed by atoms with Crippen molar-refractivity contribution in [2.24, 2.45) is 0 Å². The predicted molar refractivity (Wildman–Crippen MR) is 105 cm³/mol. The van der Waals surface area contributed by atoms with E-state index in [1.165, 1.54) is 5.56 Å². The Balaban J connectivity index is 1.52. The van der Waals surface area contributed by atoms with Crippen LogP contribution < -0.4 is 15.4 Å². The molecular weight excluding hydrogens is 326 g/mol. The number of hydrogen-bond donors (Lipinski definition) is 2. The second-order valence-corrected chi connectivity index (χ2v) is 6.30. The summed E-state index contributed by atoms with van der Waals surface area (Å²) in [7, 11) is 0. The summed E-state index contributed by atoms with van der Waals surface area (Å²) in [5.74, 6) is 1.25. The molecule has 0 saturated carbocycles. The molecule has 5 heteroatoms. The molecule has 2 amide bonds. The number of rotatable bonds is 6. The van der Waals surface area contributed by atoms with E-state index in [0.717, 1.165) is 16.7 Å². The molecule has 0 radical (unpaired) electrons. The zero-order valence-electron chi connectivity index (χ0n) is 15.0. The minimum Gasteiger partial charge on any atom is -0.491 e. The SMILES string of the molecule is CC(C)c1ccccc1OCCNC(=O)Nc1cccc2cccnc12. The van der Waals surface area contributed by atoms with Crippen LogP contribution in [0.15, 0.2) is 60.8 Å². The summed E-state index contributed by atoms with van der Waals surface area (Å²) in [6.45, 7) is 5.08. The lowest BCUT2D eigenvalue weighted by molar-refractivity contribution is 0.247. The molecule has 1 aromatic heterocycles. The predicted octanol–water partition coefficient (Wildman–Crippen LogP) is 4.56. The average molecular weight is 349 g/mol. The molecule has 0 atom stereocenters. The van der Waals surface area contributed by atoms with Crippen LogP contribution in [0.3, 0.4) is 0 Å². The van der Waals surface area contributed by atoms with Crippen molar-refractivity contribution in [2.45, 2.75) is 19.8 Å². The van der Waals surface area contributed by atoms with Gasteiger partial charge in [0.1, 0.15) is 12.4 Å². The van der Waals surface area contributed by atoms with Crippen LogP contribution >= 0.6 is 0 Å². The Morgan fingerprint density at radius 2 is 1.88 bits per heavy atom. The molecular formula is C21H23N3O2. The lowest BCUT2D eigenvalue weighted by Crippen LogP contribution is -2.32. The van der Waals surface area contributed by atoms with E-state index in [-0.39, 0.29) is 6.03 Å². The van der Waals surface area contributed by atoms with Gasteiger partial charge in [0.05, 0.1) is 17.7 Å². The highest BCUT2D eigenvalue weighted by Crippen LogP contribution is 2.25. The van der Waals surface area contributed by atoms with Crippen LogP contribution in [0.2, 0.25) is 0 Å². The van der Waals surface area contributed by atoms with Crippen molar-refractivity contribution in [1.29, 1.82) is 0 Å². The number of benzene rings is 2. The van der Waals surface area contributed by atoms with Gasteiger partial charge in [0.25, 0.3) is 0 Å². The van der Waals surface area contributed by atoms with Gasteiger partial charge in [-0.05, 0) is 29.7 Å². The Bertz CT molecular complexity index is 888. The molecule has 0 bridgehead atoms. The van der Waals surface area contributed by atoms with Crippen LogP contribution in [0.1, 0.15) is 25.3 Å². The summed E-state index contributed by atoms with van der Waals surface area (Å²) in [5, 5.41) is 6.64. The van der Waals surface area contributed by atoms with E-state index in [2.05, 4.69) is 35.5 Å². The van der Waals surface area contributed by atoms with Crippen LogP contribution in [0, 0.1) is 0 Å². The topological polar surface area (TPSA) is 63.2 Å². The maximum atomic E-state index is 12.1. The molecule has 0 saturated heterocycles. The van der Waals surface area contributed by atoms with Crippen molar-refractivity contribution in [3.8, 4) is 5.75 Å². The molecule has 5 nitrogen and oxygen atoms in total. The summed E-state index contributed by atoms with van der Waals surface area (Å²) in [4.78, 5) is 16.5. The van der Waals surface area contributed by atoms with E-state index in [1.54, 1.807) is 6.20 Å². The fourth-order valence-corrected chi connectivity index (χ4v) is 2.79. The van der Waals surface area contributed by atoms with Gasteiger partial charge in [0.2, 0.25) is 0 Å². The van der Waals surface area contributed by atoms with Gasteiger partial charge in [-0.15, -0.1) is 0 Å². The van der Waals surface area contributed by atoms with Crippen LogP contribution in [0.5, 0.6) is 5.75 Å². The van der Waals surface area contributed by atoms with Crippen molar-refractivity contribution in [1.82, 2.24) is 10.3 Å². The number of carbonyl (C=O) groups is 1. The third kappa shape index (κ3) is 4.30. The molecule has 0 aliphatic carbocycles. The number of hydrogen-bond acceptors (Lipinski definition) is 3. The third-order valence-electron chi connectivity index (χ3n) is 4.07. The van der Waals surface area contributed by atoms with Crippen LogP contribution in [0.25, 0.3) is 10.9 Å². The van der Waals surface area contributed by atoms with E-state index in [9.17, 15) is 4.79 Å². The van der Waals surface area contributed by atoms with Gasteiger partial charge in [0.15, 0.2) is 0 Å². The van der Waals surface area contributed by atoms with Gasteiger partial charge in [0, 0.05) is 11.6 Å². The first kappa shape index (κ1) is 17.7. The average Bonchev–Trinajstić information content (AvgIpc) is 2.66. The minimum atomic E-state index is -0.274. The first-order valence-corrected chi connectivity index (χ1v) is 8.75. The molecule has 3 aromatic rings. The van der Waals surface area contributed by atoms with Gasteiger partial charge in [-0.3, -0.25) is 4.98 Å². The Labute approximate surface area is 153 Å². The Morgan fingerprint density at radius 3 is 2.73 bits per heavy atom. The quantitative estimate of drug-likeness (QED) is 0.641. The highest BCUT2D eigenvalue weighted by Gasteiger charge is 2.08. The Kier molecular flexibility index (Phi) is 5.69. The summed E-state index contributed by atoms with van der Waals surface area (Å²) < 4.78 is 5.81. The number of nitrogens with zero attached hydrogens (tertiary/aromatic N) is 1. The van der Waals surface area contributed by atoms with E-state index in [1.807, 2.05) is 48.5 Å². The Morgan fingerprint density at radius 1 is 1.08 bits per heavy atom. The van der Waals surface area contributed by atoms with Gasteiger partial charge in [-0.1, -0.05) is 50.2 Å². The van der Waals surface area contributed by atoms with E-state index in [4.69, 9.17) is 4.74 Å². The number of anilines is 1. The Hall–Kier alpha value is -3.08. The van der Waals surface area contributed by atoms with Gasteiger partial charge >= 0.3 is 6.03 Å². The van der Waals surface area contributed by atoms with E-state index < -0.39 is 0 Å². The third-order valence-corrected chi connectivity index (χ3v) is 4.07. The molecule has 134 valence electrons. The van der Waals surface area contributed by atoms with Crippen LogP contribution in [0.4, 0.5) is 10.5 Å². The van der Waals surface area contributed by atoms with Crippen molar-refractivity contribution in [3.05, 3.63) is 66.4 Å². The van der Waals surface area contributed by atoms with Crippen LogP contribution in [-0.2, 0) is 0 Å². The zero-order valence-corrected chi connectivity index (χ0v) is 15.0. The molecule has 26 heavy (non-hydrogen) atoms. The van der Waals surface area contributed by atoms with Gasteiger partial charge in [-0.25, -0.2) is 4.79 Å². The molecule has 1 heterocycles. The first-order chi connectivity index (χ1) is 12.6. The number of pyridine rings is 1. The molecule has 0 spiro atoms. The number of urea groups is 1. The van der Waals surface area contributed by atoms with Gasteiger partial charge < -0.3 is 15.4 Å². The summed E-state index contributed by atoms with van der Waals surface area (Å²) >= 11 is 0. The van der Waals surface area contributed by atoms with Crippen molar-refractivity contribution < 1.29 is 9.53 Å². The van der Waals surface area contributed by atoms with Crippen molar-refractivity contribution >= 4 is 22.6 Å². The lowest BCUT2D eigenvalue weighted by atomic mass is 10.0. The number of aromatic nitrogens is 1. The zero-order chi connectivity index (χ0) is 18.4. The standard InChI is InChI=1S/C21H23N3O2/c1-15(2)17-9-3-4-11-19(17)26-14-13-23-21(25)24-18-10-5-7-16-8-6-12-22-20(16)18/h3-12,15H,13-14H2,1-2H3,(H2,23,24,25). The highest BCUT2D eigenvalue weighted by molar-refractivity contribution is 5.99. The molecule has 2 aromatic carbocycles. The maximum Gasteiger partial charge on any atom is 0.319 e. The maximum absolute atomic E-state index is 12.1. The number of carbonyl (C=O) groups excluding carboxylic acids is 1. The fourth-order valence-electron chi connectivity index (χ4n) is 2.79. The smallest absolute Gasteiger partial charge is 0.319 e. The number of ether oxygens (including phenoxy) is 1. The molecule has 0 unspecified atom stereocenters. The summed E-state index contributed by atoms with van der Waals surface area (Å²) in [6.07, 6.45) is 1.71. The summed E-state index contributed by atoms with van der Waals surface area (Å²) in [5.41, 5.74) is 2.62. The summed E-state index contributed by atoms with van der Waals surface area (Å²) in [6, 6.07) is 17.2. The highest BCUT2D eigenvalue weighted by atomic mass is 16.5. The largest absolute Gasteiger partial charge is 0.491 e. The van der Waals surface area contributed by atoms with Crippen LogP contribution in [-0.4, -0.2) is 24.2 Å². The number of para-hydroxylation sites is 2. The van der Waals surface area contributed by atoms with Gasteiger partial charge in [-0.2, -0.15) is 0 Å². The second kappa shape index (κ2) is 8.34. The number of fused-ring (bicyclic) bond motifs is 1. The minimum absolute atomic E-state index is 0.274. The molecule has 0 fully saturated rings. The van der Waals surface area contributed by atoms with Crippen molar-refractivity contribution in [2.75, 3.05) is 18.5 Å². The molecule has 0 aliphatic rings. The lowest BCUT2D eigenvalue weighted by Gasteiger charge is -2.14. The normalized spacial score (nSPS) is 10.7. The second-order valence-electron chi connectivity index (χ2n) is 6.30. The number of amides is 2. The fraction of sp³-hybridized carbons (Fsp3) is 0.238. The van der Waals surface area contributed by atoms with Crippen molar-refractivity contribution in [3.63, 3.8) is 0 Å². The van der Waals surface area contributed by atoms with E-state index >= 15 is 0 Å². The first-order valence-electron chi connectivity index (χ1n) is 8.75. The van der Waals surface area contributed by atoms with E-state index in [0.29, 0.717) is 24.8 Å². The monoisotopic (exact) mass is 349 g/mol. The molecule has 3 rings (SSSR count). The molecule has 0 aliphatic heterocycles. The number of nitrogens with one attached hydrogen (secondary N) is 2.